The van der Waals surface area contributed by atoms with Crippen LogP contribution in [0.15, 0.2) is 48.5 Å². The summed E-state index contributed by atoms with van der Waals surface area (Å²) in [6.45, 7) is 0.808. The molecule has 3 aromatic rings. The van der Waals surface area contributed by atoms with Crippen LogP contribution >= 0.6 is 0 Å². The number of amides is 3. The number of H-pyrrole nitrogens is 1. The topological polar surface area (TPSA) is 113 Å². The van der Waals surface area contributed by atoms with E-state index in [9.17, 15) is 9.59 Å². The van der Waals surface area contributed by atoms with Crippen molar-refractivity contribution in [2.45, 2.75) is 13.1 Å². The molecule has 2 aromatic carbocycles. The van der Waals surface area contributed by atoms with E-state index in [1.54, 1.807) is 17.0 Å². The highest BCUT2D eigenvalue weighted by molar-refractivity contribution is 5.98. The lowest BCUT2D eigenvalue weighted by Gasteiger charge is -2.17. The molecule has 142 valence electrons. The third-order valence-corrected chi connectivity index (χ3v) is 4.70. The normalized spacial score (nSPS) is 12.5. The number of hydrogen-bond donors (Lipinski definition) is 3. The number of primary amides is 1. The molecule has 0 saturated heterocycles. The first-order chi connectivity index (χ1) is 13.6. The molecule has 4 N–H and O–H groups in total. The van der Waals surface area contributed by atoms with Gasteiger partial charge < -0.3 is 20.7 Å². The lowest BCUT2D eigenvalue weighted by atomic mass is 10.0. The number of carbonyl (C=O) groups excluding carboxylic acids is 2. The van der Waals surface area contributed by atoms with Gasteiger partial charge in [0.25, 0.3) is 5.91 Å². The summed E-state index contributed by atoms with van der Waals surface area (Å²) in [6.07, 6.45) is 0. The zero-order valence-corrected chi connectivity index (χ0v) is 15.2. The van der Waals surface area contributed by atoms with Crippen molar-refractivity contribution in [3.8, 4) is 17.0 Å². The fourth-order valence-electron chi connectivity index (χ4n) is 3.37. The fourth-order valence-corrected chi connectivity index (χ4v) is 3.37. The average Bonchev–Trinajstić information content (AvgIpc) is 3.29. The maximum absolute atomic E-state index is 12.6. The van der Waals surface area contributed by atoms with Crippen molar-refractivity contribution < 1.29 is 14.3 Å². The van der Waals surface area contributed by atoms with Crippen molar-refractivity contribution in [1.82, 2.24) is 15.1 Å². The summed E-state index contributed by atoms with van der Waals surface area (Å²) in [5.74, 6) is -0.203. The Labute approximate surface area is 161 Å². The number of aromatic nitrogens is 2. The molecular weight excluding hydrogens is 358 g/mol. The first-order valence-corrected chi connectivity index (χ1v) is 8.72. The summed E-state index contributed by atoms with van der Waals surface area (Å²) in [5.41, 5.74) is 9.51. The minimum absolute atomic E-state index is 0.195. The molecule has 0 radical (unpaired) electrons. The number of ether oxygens (including phenoxy) is 1. The zero-order chi connectivity index (χ0) is 19.7. The molecule has 1 aromatic heterocycles. The monoisotopic (exact) mass is 377 g/mol. The molecule has 0 fully saturated rings. The maximum atomic E-state index is 12.6. The molecular formula is C20H19N5O3. The summed E-state index contributed by atoms with van der Waals surface area (Å²) in [4.78, 5) is 26.0. The number of urea groups is 1. The van der Waals surface area contributed by atoms with E-state index in [4.69, 9.17) is 10.5 Å². The van der Waals surface area contributed by atoms with Crippen molar-refractivity contribution >= 4 is 17.6 Å². The number of hydrogen-bond acceptors (Lipinski definition) is 4. The van der Waals surface area contributed by atoms with Gasteiger partial charge in [-0.3, -0.25) is 9.89 Å². The molecule has 0 spiro atoms. The maximum Gasteiger partial charge on any atom is 0.322 e. The van der Waals surface area contributed by atoms with Crippen molar-refractivity contribution in [2.24, 2.45) is 5.73 Å². The number of carbonyl (C=O) groups is 2. The highest BCUT2D eigenvalue weighted by Gasteiger charge is 2.30. The zero-order valence-electron chi connectivity index (χ0n) is 15.2. The number of nitrogens with two attached hydrogens (primary N) is 1. The van der Waals surface area contributed by atoms with Gasteiger partial charge in [0.05, 0.1) is 31.5 Å². The fraction of sp³-hybridized carbons (Fsp3) is 0.150. The number of rotatable bonds is 4. The second-order valence-electron chi connectivity index (χ2n) is 6.43. The second-order valence-corrected chi connectivity index (χ2v) is 6.43. The van der Waals surface area contributed by atoms with Gasteiger partial charge in [-0.05, 0) is 24.3 Å². The van der Waals surface area contributed by atoms with Gasteiger partial charge in [0.1, 0.15) is 11.4 Å². The van der Waals surface area contributed by atoms with Gasteiger partial charge in [-0.2, -0.15) is 5.10 Å². The van der Waals surface area contributed by atoms with Gasteiger partial charge in [0.15, 0.2) is 0 Å². The van der Waals surface area contributed by atoms with Crippen molar-refractivity contribution in [3.05, 3.63) is 65.4 Å². The van der Waals surface area contributed by atoms with Crippen molar-refractivity contribution in [1.29, 1.82) is 0 Å². The smallest absolute Gasteiger partial charge is 0.322 e. The molecule has 2 heterocycles. The number of para-hydroxylation sites is 2. The molecule has 8 heteroatoms. The Balaban J connectivity index is 1.61. The number of anilines is 1. The van der Waals surface area contributed by atoms with Gasteiger partial charge in [0.2, 0.25) is 0 Å². The lowest BCUT2D eigenvalue weighted by Crippen LogP contribution is -2.30. The van der Waals surface area contributed by atoms with Crippen molar-refractivity contribution in [2.75, 3.05) is 12.4 Å². The summed E-state index contributed by atoms with van der Waals surface area (Å²) < 4.78 is 5.43. The van der Waals surface area contributed by atoms with Gasteiger partial charge in [-0.1, -0.05) is 24.3 Å². The molecule has 4 rings (SSSR count). The molecule has 0 saturated carbocycles. The SMILES string of the molecule is COc1c(C(N)=O)cccc1-c1n[nH]c2c1CN(C(=O)Nc1ccccc1)C2. The predicted octanol–water partition coefficient (Wildman–Crippen LogP) is 2.73. The quantitative estimate of drug-likeness (QED) is 0.649. The Hall–Kier alpha value is -3.81. The van der Waals surface area contributed by atoms with E-state index < -0.39 is 5.91 Å². The number of benzene rings is 2. The van der Waals surface area contributed by atoms with Crippen LogP contribution < -0.4 is 15.8 Å². The van der Waals surface area contributed by atoms with Crippen LogP contribution in [-0.2, 0) is 13.1 Å². The van der Waals surface area contributed by atoms with Gasteiger partial charge in [-0.25, -0.2) is 4.79 Å². The minimum Gasteiger partial charge on any atom is -0.495 e. The molecule has 0 unspecified atom stereocenters. The highest BCUT2D eigenvalue weighted by atomic mass is 16.5. The van der Waals surface area contributed by atoms with E-state index in [-0.39, 0.29) is 11.6 Å². The molecule has 8 nitrogen and oxygen atoms in total. The number of nitrogens with zero attached hydrogens (tertiary/aromatic N) is 2. The van der Waals surface area contributed by atoms with Crippen LogP contribution in [0.2, 0.25) is 0 Å². The van der Waals surface area contributed by atoms with E-state index >= 15 is 0 Å². The molecule has 1 aliphatic heterocycles. The highest BCUT2D eigenvalue weighted by Crippen LogP contribution is 2.37. The van der Waals surface area contributed by atoms with Crippen LogP contribution in [0, 0.1) is 0 Å². The van der Waals surface area contributed by atoms with E-state index in [1.165, 1.54) is 7.11 Å². The third kappa shape index (κ3) is 3.05. The average molecular weight is 377 g/mol. The van der Waals surface area contributed by atoms with E-state index in [0.717, 1.165) is 16.9 Å². The first kappa shape index (κ1) is 17.6. The molecule has 3 amide bonds. The second kappa shape index (κ2) is 7.07. The molecule has 0 atom stereocenters. The molecule has 28 heavy (non-hydrogen) atoms. The van der Waals surface area contributed by atoms with Crippen molar-refractivity contribution in [3.63, 3.8) is 0 Å². The molecule has 0 aliphatic carbocycles. The van der Waals surface area contributed by atoms with Crippen LogP contribution in [0.5, 0.6) is 5.75 Å². The van der Waals surface area contributed by atoms with Gasteiger partial charge in [-0.15, -0.1) is 0 Å². The Morgan fingerprint density at radius 3 is 2.64 bits per heavy atom. The lowest BCUT2D eigenvalue weighted by molar-refractivity contribution is 0.0997. The first-order valence-electron chi connectivity index (χ1n) is 8.72. The molecule has 1 aliphatic rings. The Morgan fingerprint density at radius 1 is 1.14 bits per heavy atom. The Morgan fingerprint density at radius 2 is 1.93 bits per heavy atom. The Kier molecular flexibility index (Phi) is 4.44. The number of methoxy groups -OCH3 is 1. The van der Waals surface area contributed by atoms with Crippen LogP contribution in [0.3, 0.4) is 0 Å². The molecule has 0 bridgehead atoms. The number of nitrogens with one attached hydrogen (secondary N) is 2. The van der Waals surface area contributed by atoms with Crippen LogP contribution in [0.1, 0.15) is 21.6 Å². The standard InChI is InChI=1S/C20H19N5O3/c1-28-18-13(8-5-9-14(18)19(21)26)17-15-10-25(11-16(15)23-24-17)20(27)22-12-6-3-2-4-7-12/h2-9H,10-11H2,1H3,(H2,21,26)(H,22,27)(H,23,24). The number of aromatic amines is 1. The van der Waals surface area contributed by atoms with Gasteiger partial charge >= 0.3 is 6.03 Å². The largest absolute Gasteiger partial charge is 0.495 e. The van der Waals surface area contributed by atoms with Crippen LogP contribution in [0.4, 0.5) is 10.5 Å². The van der Waals surface area contributed by atoms with E-state index in [0.29, 0.717) is 30.1 Å². The van der Waals surface area contributed by atoms with E-state index in [2.05, 4.69) is 15.5 Å². The third-order valence-electron chi connectivity index (χ3n) is 4.70. The number of fused-ring (bicyclic) bond motifs is 1. The summed E-state index contributed by atoms with van der Waals surface area (Å²) in [5, 5.41) is 10.3. The van der Waals surface area contributed by atoms with E-state index in [1.807, 2.05) is 36.4 Å². The van der Waals surface area contributed by atoms with Gasteiger partial charge in [0, 0.05) is 16.8 Å². The summed E-state index contributed by atoms with van der Waals surface area (Å²) in [6, 6.07) is 14.2. The predicted molar refractivity (Wildman–Crippen MR) is 104 cm³/mol. The Bertz CT molecular complexity index is 1050. The summed E-state index contributed by atoms with van der Waals surface area (Å²) >= 11 is 0. The van der Waals surface area contributed by atoms with Crippen LogP contribution in [-0.4, -0.2) is 34.1 Å². The van der Waals surface area contributed by atoms with Crippen LogP contribution in [0.25, 0.3) is 11.3 Å². The minimum atomic E-state index is -0.574. The summed E-state index contributed by atoms with van der Waals surface area (Å²) in [7, 11) is 1.48.